The van der Waals surface area contributed by atoms with Crippen LogP contribution in [0.2, 0.25) is 5.02 Å². The van der Waals surface area contributed by atoms with E-state index in [1.807, 2.05) is 17.0 Å². The zero-order valence-electron chi connectivity index (χ0n) is 10.2. The molecule has 0 aliphatic carbocycles. The maximum absolute atomic E-state index is 12.0. The molecule has 1 heterocycles. The Labute approximate surface area is 117 Å². The van der Waals surface area contributed by atoms with Gasteiger partial charge in [-0.1, -0.05) is 17.7 Å². The summed E-state index contributed by atoms with van der Waals surface area (Å²) in [4.78, 5) is 14.8. The number of nitrogens with zero attached hydrogens (tertiary/aromatic N) is 1. The SMILES string of the molecule is Nc1c(Cl)cccc1SCC(=O)N1CCCCC1. The van der Waals surface area contributed by atoms with Gasteiger partial charge in [0.05, 0.1) is 16.5 Å². The van der Waals surface area contributed by atoms with Crippen molar-refractivity contribution in [3.63, 3.8) is 0 Å². The van der Waals surface area contributed by atoms with Gasteiger partial charge < -0.3 is 10.6 Å². The number of piperidine rings is 1. The third kappa shape index (κ3) is 3.33. The van der Waals surface area contributed by atoms with Gasteiger partial charge in [0, 0.05) is 18.0 Å². The quantitative estimate of drug-likeness (QED) is 0.685. The number of hydrogen-bond donors (Lipinski definition) is 1. The lowest BCUT2D eigenvalue weighted by molar-refractivity contribution is -0.129. The van der Waals surface area contributed by atoms with Crippen molar-refractivity contribution in [1.29, 1.82) is 0 Å². The second-order valence-electron chi connectivity index (χ2n) is 4.38. The number of likely N-dealkylation sites (tertiary alicyclic amines) is 1. The van der Waals surface area contributed by atoms with E-state index in [0.717, 1.165) is 30.8 Å². The predicted molar refractivity (Wildman–Crippen MR) is 77.0 cm³/mol. The number of carbonyl (C=O) groups excluding carboxylic acids is 1. The highest BCUT2D eigenvalue weighted by Crippen LogP contribution is 2.30. The molecule has 18 heavy (non-hydrogen) atoms. The van der Waals surface area contributed by atoms with Crippen LogP contribution >= 0.6 is 23.4 Å². The lowest BCUT2D eigenvalue weighted by atomic mass is 10.1. The number of benzene rings is 1. The molecule has 2 rings (SSSR count). The van der Waals surface area contributed by atoms with Gasteiger partial charge in [0.15, 0.2) is 0 Å². The summed E-state index contributed by atoms with van der Waals surface area (Å²) >= 11 is 7.41. The Kier molecular flexibility index (Phi) is 4.78. The standard InChI is InChI=1S/C13H17ClN2OS/c14-10-5-4-6-11(13(10)15)18-9-12(17)16-7-2-1-3-8-16/h4-6H,1-3,7-9,15H2. The van der Waals surface area contributed by atoms with Gasteiger partial charge in [0.1, 0.15) is 0 Å². The monoisotopic (exact) mass is 284 g/mol. The van der Waals surface area contributed by atoms with E-state index in [4.69, 9.17) is 17.3 Å². The van der Waals surface area contributed by atoms with Gasteiger partial charge in [-0.2, -0.15) is 0 Å². The molecule has 1 fully saturated rings. The largest absolute Gasteiger partial charge is 0.397 e. The van der Waals surface area contributed by atoms with Crippen molar-refractivity contribution in [2.24, 2.45) is 0 Å². The summed E-state index contributed by atoms with van der Waals surface area (Å²) < 4.78 is 0. The molecule has 0 atom stereocenters. The van der Waals surface area contributed by atoms with Gasteiger partial charge in [0.2, 0.25) is 5.91 Å². The average Bonchev–Trinajstić information content (AvgIpc) is 2.41. The Morgan fingerprint density at radius 1 is 1.33 bits per heavy atom. The van der Waals surface area contributed by atoms with Crippen molar-refractivity contribution in [3.8, 4) is 0 Å². The van der Waals surface area contributed by atoms with Gasteiger partial charge in [0.25, 0.3) is 0 Å². The first-order valence-electron chi connectivity index (χ1n) is 6.13. The fourth-order valence-corrected chi connectivity index (χ4v) is 3.15. The molecule has 1 aliphatic heterocycles. The molecule has 0 saturated carbocycles. The number of nitrogen functional groups attached to an aromatic ring is 1. The summed E-state index contributed by atoms with van der Waals surface area (Å²) in [5.74, 6) is 0.629. The zero-order valence-corrected chi connectivity index (χ0v) is 11.8. The van der Waals surface area contributed by atoms with E-state index >= 15 is 0 Å². The molecule has 0 spiro atoms. The number of thioether (sulfide) groups is 1. The Morgan fingerprint density at radius 3 is 2.78 bits per heavy atom. The van der Waals surface area contributed by atoms with Crippen LogP contribution < -0.4 is 5.73 Å². The third-order valence-electron chi connectivity index (χ3n) is 3.07. The van der Waals surface area contributed by atoms with Crippen LogP contribution in [0, 0.1) is 0 Å². The molecule has 0 aromatic heterocycles. The van der Waals surface area contributed by atoms with Crippen LogP contribution in [0.3, 0.4) is 0 Å². The summed E-state index contributed by atoms with van der Waals surface area (Å²) in [5, 5.41) is 0.547. The molecule has 0 bridgehead atoms. The van der Waals surface area contributed by atoms with E-state index in [2.05, 4.69) is 0 Å². The van der Waals surface area contributed by atoms with Crippen molar-refractivity contribution in [1.82, 2.24) is 4.90 Å². The fraction of sp³-hybridized carbons (Fsp3) is 0.462. The number of rotatable bonds is 3. The number of hydrogen-bond acceptors (Lipinski definition) is 3. The van der Waals surface area contributed by atoms with E-state index < -0.39 is 0 Å². The number of nitrogens with two attached hydrogens (primary N) is 1. The third-order valence-corrected chi connectivity index (χ3v) is 4.46. The highest BCUT2D eigenvalue weighted by Gasteiger charge is 2.16. The Balaban J connectivity index is 1.90. The molecule has 3 nitrogen and oxygen atoms in total. The first-order chi connectivity index (χ1) is 8.68. The topological polar surface area (TPSA) is 46.3 Å². The van der Waals surface area contributed by atoms with Crippen molar-refractivity contribution in [3.05, 3.63) is 23.2 Å². The van der Waals surface area contributed by atoms with E-state index in [1.54, 1.807) is 6.07 Å². The Morgan fingerprint density at radius 2 is 2.06 bits per heavy atom. The van der Waals surface area contributed by atoms with Crippen LogP contribution in [0.25, 0.3) is 0 Å². The molecular formula is C13H17ClN2OS. The molecule has 1 aromatic carbocycles. The minimum Gasteiger partial charge on any atom is -0.397 e. The Hall–Kier alpha value is -0.870. The highest BCUT2D eigenvalue weighted by atomic mass is 35.5. The first-order valence-corrected chi connectivity index (χ1v) is 7.49. The van der Waals surface area contributed by atoms with Crippen molar-refractivity contribution in [2.75, 3.05) is 24.6 Å². The van der Waals surface area contributed by atoms with Gasteiger partial charge in [-0.25, -0.2) is 0 Å². The summed E-state index contributed by atoms with van der Waals surface area (Å²) in [6.07, 6.45) is 3.48. The number of halogens is 1. The molecular weight excluding hydrogens is 268 g/mol. The highest BCUT2D eigenvalue weighted by molar-refractivity contribution is 8.00. The van der Waals surface area contributed by atoms with Gasteiger partial charge >= 0.3 is 0 Å². The molecule has 1 aliphatic rings. The van der Waals surface area contributed by atoms with Crippen LogP contribution in [0.4, 0.5) is 5.69 Å². The van der Waals surface area contributed by atoms with Crippen LogP contribution in [0.5, 0.6) is 0 Å². The predicted octanol–water partition coefficient (Wildman–Crippen LogP) is 3.03. The number of carbonyl (C=O) groups is 1. The van der Waals surface area contributed by atoms with Gasteiger partial charge in [-0.3, -0.25) is 4.79 Å². The van der Waals surface area contributed by atoms with E-state index in [0.29, 0.717) is 16.5 Å². The molecule has 0 radical (unpaired) electrons. The van der Waals surface area contributed by atoms with Gasteiger partial charge in [-0.05, 0) is 31.4 Å². The molecule has 1 aromatic rings. The summed E-state index contributed by atoms with van der Waals surface area (Å²) in [7, 11) is 0. The first kappa shape index (κ1) is 13.6. The second kappa shape index (κ2) is 6.34. The molecule has 1 saturated heterocycles. The maximum Gasteiger partial charge on any atom is 0.232 e. The maximum atomic E-state index is 12.0. The lowest BCUT2D eigenvalue weighted by Gasteiger charge is -2.26. The smallest absolute Gasteiger partial charge is 0.232 e. The van der Waals surface area contributed by atoms with Crippen LogP contribution in [0.15, 0.2) is 23.1 Å². The molecule has 1 amide bonds. The molecule has 5 heteroatoms. The minimum atomic E-state index is 0.194. The fourth-order valence-electron chi connectivity index (χ4n) is 2.02. The molecule has 2 N–H and O–H groups in total. The lowest BCUT2D eigenvalue weighted by Crippen LogP contribution is -2.36. The second-order valence-corrected chi connectivity index (χ2v) is 5.81. The van der Waals surface area contributed by atoms with Crippen molar-refractivity contribution >= 4 is 35.0 Å². The number of para-hydroxylation sites is 1. The summed E-state index contributed by atoms with van der Waals surface area (Å²) in [6, 6.07) is 5.51. The van der Waals surface area contributed by atoms with E-state index in [1.165, 1.54) is 18.2 Å². The molecule has 98 valence electrons. The van der Waals surface area contributed by atoms with E-state index in [-0.39, 0.29) is 5.91 Å². The summed E-state index contributed by atoms with van der Waals surface area (Å²) in [6.45, 7) is 1.79. The van der Waals surface area contributed by atoms with E-state index in [9.17, 15) is 4.79 Å². The minimum absolute atomic E-state index is 0.194. The zero-order chi connectivity index (χ0) is 13.0. The Bertz CT molecular complexity index is 433. The van der Waals surface area contributed by atoms with Crippen LogP contribution in [-0.4, -0.2) is 29.6 Å². The molecule has 0 unspecified atom stereocenters. The number of anilines is 1. The van der Waals surface area contributed by atoms with Crippen molar-refractivity contribution < 1.29 is 4.79 Å². The van der Waals surface area contributed by atoms with Gasteiger partial charge in [-0.15, -0.1) is 11.8 Å². The van der Waals surface area contributed by atoms with Crippen LogP contribution in [0.1, 0.15) is 19.3 Å². The summed E-state index contributed by atoms with van der Waals surface area (Å²) in [5.41, 5.74) is 6.43. The normalized spacial score (nSPS) is 15.7. The average molecular weight is 285 g/mol. The van der Waals surface area contributed by atoms with Crippen LogP contribution in [-0.2, 0) is 4.79 Å². The van der Waals surface area contributed by atoms with Crippen molar-refractivity contribution in [2.45, 2.75) is 24.2 Å². The number of amides is 1.